The van der Waals surface area contributed by atoms with Crippen LogP contribution in [-0.4, -0.2) is 23.2 Å². The summed E-state index contributed by atoms with van der Waals surface area (Å²) in [4.78, 5) is 17.9. The molecule has 0 amide bonds. The van der Waals surface area contributed by atoms with Crippen molar-refractivity contribution in [3.63, 3.8) is 0 Å². The van der Waals surface area contributed by atoms with Crippen LogP contribution in [0.15, 0.2) is 23.5 Å². The lowest BCUT2D eigenvalue weighted by atomic mass is 10.3. The van der Waals surface area contributed by atoms with E-state index in [-0.39, 0.29) is 5.69 Å². The summed E-state index contributed by atoms with van der Waals surface area (Å²) in [5.41, 5.74) is 0.460. The summed E-state index contributed by atoms with van der Waals surface area (Å²) < 4.78 is 0. The van der Waals surface area contributed by atoms with Crippen molar-refractivity contribution >= 4 is 11.9 Å². The molecule has 0 saturated carbocycles. The molecule has 0 N–H and O–H groups in total. The lowest BCUT2D eigenvalue weighted by Crippen LogP contribution is -1.92. The average molecular weight is 181 g/mol. The highest BCUT2D eigenvalue weighted by Crippen LogP contribution is 2.07. The predicted octanol–water partition coefficient (Wildman–Crippen LogP) is 0.970. The van der Waals surface area contributed by atoms with Crippen LogP contribution in [0, 0.1) is 10.1 Å². The smallest absolute Gasteiger partial charge is 0.287 e. The summed E-state index contributed by atoms with van der Waals surface area (Å²) in [5.74, 6) is 0. The average Bonchev–Trinajstić information content (AvgIpc) is 2.15. The Kier molecular flexibility index (Phi) is 2.91. The molecule has 0 bridgehead atoms. The highest BCUT2D eigenvalue weighted by molar-refractivity contribution is 5.76. The van der Waals surface area contributed by atoms with Crippen LogP contribution < -0.4 is 0 Å². The number of rotatable bonds is 3. The fraction of sp³-hybridized carbons (Fsp3) is 0.143. The fourth-order valence-electron chi connectivity index (χ4n) is 0.689. The van der Waals surface area contributed by atoms with Gasteiger partial charge in [0.1, 0.15) is 13.3 Å². The van der Waals surface area contributed by atoms with E-state index >= 15 is 0 Å². The second kappa shape index (κ2) is 4.15. The third-order valence-electron chi connectivity index (χ3n) is 1.27. The van der Waals surface area contributed by atoms with Gasteiger partial charge in [0.2, 0.25) is 0 Å². The van der Waals surface area contributed by atoms with Gasteiger partial charge in [0.25, 0.3) is 5.69 Å². The van der Waals surface area contributed by atoms with Crippen molar-refractivity contribution in [2.24, 2.45) is 5.16 Å². The van der Waals surface area contributed by atoms with Crippen molar-refractivity contribution in [2.75, 3.05) is 7.11 Å². The Morgan fingerprint density at radius 2 is 2.46 bits per heavy atom. The number of oxime groups is 1. The molecule has 6 heteroatoms. The molecule has 1 aromatic heterocycles. The summed E-state index contributed by atoms with van der Waals surface area (Å²) >= 11 is 0. The van der Waals surface area contributed by atoms with Gasteiger partial charge in [-0.05, 0) is 6.07 Å². The molecule has 0 saturated heterocycles. The van der Waals surface area contributed by atoms with Gasteiger partial charge in [0, 0.05) is 6.07 Å². The van der Waals surface area contributed by atoms with E-state index in [0.717, 1.165) is 6.20 Å². The Labute approximate surface area is 74.0 Å². The molecule has 0 atom stereocenters. The van der Waals surface area contributed by atoms with E-state index < -0.39 is 4.92 Å². The first-order valence-corrected chi connectivity index (χ1v) is 3.41. The summed E-state index contributed by atoms with van der Waals surface area (Å²) in [6.07, 6.45) is 2.53. The molecule has 0 spiro atoms. The molecule has 0 radical (unpaired) electrons. The van der Waals surface area contributed by atoms with E-state index in [1.54, 1.807) is 0 Å². The number of nitrogens with zero attached hydrogens (tertiary/aromatic N) is 3. The molecule has 0 aromatic carbocycles. The third kappa shape index (κ3) is 2.51. The van der Waals surface area contributed by atoms with E-state index in [9.17, 15) is 10.1 Å². The zero-order chi connectivity index (χ0) is 9.68. The standard InChI is InChI=1S/C7H7N3O3/c1-13-9-4-6-2-3-7(5-8-6)10(11)12/h2-5H,1H3/b9-4+. The van der Waals surface area contributed by atoms with Crippen LogP contribution in [0.1, 0.15) is 5.69 Å². The van der Waals surface area contributed by atoms with E-state index in [1.807, 2.05) is 0 Å². The quantitative estimate of drug-likeness (QED) is 0.395. The van der Waals surface area contributed by atoms with E-state index in [1.165, 1.54) is 25.5 Å². The molecular formula is C7H7N3O3. The molecular weight excluding hydrogens is 174 g/mol. The fourth-order valence-corrected chi connectivity index (χ4v) is 0.689. The van der Waals surface area contributed by atoms with Crippen molar-refractivity contribution in [2.45, 2.75) is 0 Å². The molecule has 1 heterocycles. The molecule has 1 rings (SSSR count). The lowest BCUT2D eigenvalue weighted by Gasteiger charge is -1.91. The molecule has 0 aliphatic heterocycles. The maximum atomic E-state index is 10.2. The summed E-state index contributed by atoms with van der Waals surface area (Å²) in [5, 5.41) is 13.7. The van der Waals surface area contributed by atoms with Gasteiger partial charge in [0.15, 0.2) is 0 Å². The molecule has 0 aliphatic carbocycles. The molecule has 6 nitrogen and oxygen atoms in total. The first kappa shape index (κ1) is 9.11. The second-order valence-electron chi connectivity index (χ2n) is 2.12. The molecule has 13 heavy (non-hydrogen) atoms. The Morgan fingerprint density at radius 1 is 1.69 bits per heavy atom. The molecule has 0 unspecified atom stereocenters. The predicted molar refractivity (Wildman–Crippen MR) is 45.5 cm³/mol. The minimum atomic E-state index is -0.510. The minimum absolute atomic E-state index is 0.0467. The van der Waals surface area contributed by atoms with Gasteiger partial charge in [-0.25, -0.2) is 4.98 Å². The zero-order valence-electron chi connectivity index (χ0n) is 6.88. The lowest BCUT2D eigenvalue weighted by molar-refractivity contribution is -0.385. The Hall–Kier alpha value is -1.98. The molecule has 0 aliphatic rings. The monoisotopic (exact) mass is 181 g/mol. The zero-order valence-corrected chi connectivity index (χ0v) is 6.88. The summed E-state index contributed by atoms with van der Waals surface area (Å²) in [7, 11) is 1.40. The van der Waals surface area contributed by atoms with Gasteiger partial charge in [-0.2, -0.15) is 0 Å². The van der Waals surface area contributed by atoms with Gasteiger partial charge in [-0.3, -0.25) is 10.1 Å². The highest BCUT2D eigenvalue weighted by Gasteiger charge is 2.03. The molecule has 0 fully saturated rings. The van der Waals surface area contributed by atoms with Crippen LogP contribution in [0.5, 0.6) is 0 Å². The third-order valence-corrected chi connectivity index (χ3v) is 1.27. The number of hydrogen-bond donors (Lipinski definition) is 0. The van der Waals surface area contributed by atoms with Crippen molar-refractivity contribution < 1.29 is 9.76 Å². The maximum absolute atomic E-state index is 10.2. The van der Waals surface area contributed by atoms with E-state index in [2.05, 4.69) is 15.0 Å². The number of hydrogen-bond acceptors (Lipinski definition) is 5. The topological polar surface area (TPSA) is 77.6 Å². The van der Waals surface area contributed by atoms with Crippen molar-refractivity contribution in [3.8, 4) is 0 Å². The Bertz CT molecular complexity index is 320. The van der Waals surface area contributed by atoms with Crippen LogP contribution in [-0.2, 0) is 4.84 Å². The van der Waals surface area contributed by atoms with Crippen LogP contribution in [0.3, 0.4) is 0 Å². The van der Waals surface area contributed by atoms with Crippen molar-refractivity contribution in [3.05, 3.63) is 34.1 Å². The van der Waals surface area contributed by atoms with Gasteiger partial charge in [0.05, 0.1) is 16.8 Å². The molecule has 68 valence electrons. The molecule has 1 aromatic rings. The largest absolute Gasteiger partial charge is 0.399 e. The van der Waals surface area contributed by atoms with Gasteiger partial charge >= 0.3 is 0 Å². The van der Waals surface area contributed by atoms with Crippen molar-refractivity contribution in [1.29, 1.82) is 0 Å². The van der Waals surface area contributed by atoms with E-state index in [4.69, 9.17) is 0 Å². The second-order valence-corrected chi connectivity index (χ2v) is 2.12. The van der Waals surface area contributed by atoms with Gasteiger partial charge in [-0.15, -0.1) is 0 Å². The van der Waals surface area contributed by atoms with E-state index in [0.29, 0.717) is 5.69 Å². The Morgan fingerprint density at radius 3 is 2.92 bits per heavy atom. The first-order valence-electron chi connectivity index (χ1n) is 3.41. The van der Waals surface area contributed by atoms with Gasteiger partial charge in [-0.1, -0.05) is 5.16 Å². The van der Waals surface area contributed by atoms with Crippen molar-refractivity contribution in [1.82, 2.24) is 4.98 Å². The van der Waals surface area contributed by atoms with Crippen LogP contribution >= 0.6 is 0 Å². The number of pyridine rings is 1. The normalized spacial score (nSPS) is 10.2. The number of aromatic nitrogens is 1. The number of nitro groups is 1. The van der Waals surface area contributed by atoms with Crippen LogP contribution in [0.2, 0.25) is 0 Å². The summed E-state index contributed by atoms with van der Waals surface area (Å²) in [6, 6.07) is 2.84. The highest BCUT2D eigenvalue weighted by atomic mass is 16.6. The minimum Gasteiger partial charge on any atom is -0.399 e. The summed E-state index contributed by atoms with van der Waals surface area (Å²) in [6.45, 7) is 0. The maximum Gasteiger partial charge on any atom is 0.287 e. The van der Waals surface area contributed by atoms with Gasteiger partial charge < -0.3 is 4.84 Å². The first-order chi connectivity index (χ1) is 6.24. The SMILES string of the molecule is CO/N=C/c1ccc([N+](=O)[O-])cn1. The Balaban J connectivity index is 2.81. The van der Waals surface area contributed by atoms with Crippen LogP contribution in [0.4, 0.5) is 5.69 Å². The van der Waals surface area contributed by atoms with Crippen LogP contribution in [0.25, 0.3) is 0 Å².